The van der Waals surface area contributed by atoms with Crippen molar-refractivity contribution >= 4 is 33.7 Å². The first-order valence-electron chi connectivity index (χ1n) is 8.58. The second-order valence-corrected chi connectivity index (χ2v) is 6.26. The van der Waals surface area contributed by atoms with Crippen molar-refractivity contribution in [2.75, 3.05) is 7.11 Å². The lowest BCUT2D eigenvalue weighted by atomic mass is 10.0. The predicted molar refractivity (Wildman–Crippen MR) is 101 cm³/mol. The number of ether oxygens (including phenoxy) is 1. The Hall–Kier alpha value is -3.54. The van der Waals surface area contributed by atoms with Crippen LogP contribution in [0.25, 0.3) is 21.9 Å². The van der Waals surface area contributed by atoms with Crippen molar-refractivity contribution in [3.63, 3.8) is 0 Å². The molecule has 0 saturated heterocycles. The second kappa shape index (κ2) is 6.99. The molecule has 2 N–H and O–H groups in total. The monoisotopic (exact) mass is 362 g/mol. The lowest BCUT2D eigenvalue weighted by molar-refractivity contribution is -0.142. The van der Waals surface area contributed by atoms with Gasteiger partial charge in [-0.25, -0.2) is 4.79 Å². The Morgan fingerprint density at radius 1 is 1.15 bits per heavy atom. The van der Waals surface area contributed by atoms with Gasteiger partial charge in [0.2, 0.25) is 0 Å². The van der Waals surface area contributed by atoms with Crippen LogP contribution in [0.1, 0.15) is 16.1 Å². The minimum atomic E-state index is -0.824. The topological polar surface area (TPSA) is 84.3 Å². The summed E-state index contributed by atoms with van der Waals surface area (Å²) in [7, 11) is 1.30. The van der Waals surface area contributed by atoms with Gasteiger partial charge in [0.05, 0.1) is 7.11 Å². The number of methoxy groups -OCH3 is 1. The third kappa shape index (κ3) is 3.29. The van der Waals surface area contributed by atoms with Crippen LogP contribution in [0.2, 0.25) is 0 Å². The molecule has 0 saturated carbocycles. The summed E-state index contributed by atoms with van der Waals surface area (Å²) < 4.78 is 10.5. The molecular formula is C21H18N2O4. The van der Waals surface area contributed by atoms with Gasteiger partial charge in [0.15, 0.2) is 5.76 Å². The van der Waals surface area contributed by atoms with Crippen molar-refractivity contribution in [1.82, 2.24) is 10.3 Å². The Kier molecular flexibility index (Phi) is 4.38. The number of carbonyl (C=O) groups is 2. The van der Waals surface area contributed by atoms with Crippen molar-refractivity contribution in [3.8, 4) is 0 Å². The molecular weight excluding hydrogens is 344 g/mol. The van der Waals surface area contributed by atoms with Crippen molar-refractivity contribution in [2.24, 2.45) is 0 Å². The van der Waals surface area contributed by atoms with Crippen LogP contribution < -0.4 is 5.32 Å². The van der Waals surface area contributed by atoms with Crippen LogP contribution in [0, 0.1) is 0 Å². The molecule has 136 valence electrons. The molecule has 4 rings (SSSR count). The number of hydrogen-bond donors (Lipinski definition) is 2. The van der Waals surface area contributed by atoms with Gasteiger partial charge in [-0.3, -0.25) is 4.79 Å². The van der Waals surface area contributed by atoms with Gasteiger partial charge in [-0.1, -0.05) is 36.4 Å². The molecule has 6 heteroatoms. The van der Waals surface area contributed by atoms with Gasteiger partial charge in [0.25, 0.3) is 5.91 Å². The van der Waals surface area contributed by atoms with Gasteiger partial charge in [-0.2, -0.15) is 0 Å². The quantitative estimate of drug-likeness (QED) is 0.533. The molecule has 4 aromatic rings. The molecule has 1 unspecified atom stereocenters. The number of carbonyl (C=O) groups excluding carboxylic acids is 2. The van der Waals surface area contributed by atoms with E-state index in [2.05, 4.69) is 10.3 Å². The molecule has 0 fully saturated rings. The highest BCUT2D eigenvalue weighted by atomic mass is 16.5. The van der Waals surface area contributed by atoms with Crippen LogP contribution in [0.15, 0.2) is 65.2 Å². The van der Waals surface area contributed by atoms with Crippen LogP contribution >= 0.6 is 0 Å². The molecule has 2 aromatic heterocycles. The maximum Gasteiger partial charge on any atom is 0.328 e. The van der Waals surface area contributed by atoms with Crippen LogP contribution in [-0.2, 0) is 16.0 Å². The molecule has 27 heavy (non-hydrogen) atoms. The average molecular weight is 362 g/mol. The van der Waals surface area contributed by atoms with Gasteiger partial charge in [-0.05, 0) is 23.8 Å². The Morgan fingerprint density at radius 3 is 2.74 bits per heavy atom. The molecule has 0 bridgehead atoms. The zero-order valence-corrected chi connectivity index (χ0v) is 14.7. The number of rotatable bonds is 5. The van der Waals surface area contributed by atoms with E-state index in [1.54, 1.807) is 12.1 Å². The molecule has 0 radical (unpaired) electrons. The number of aromatic amines is 1. The molecule has 1 amide bonds. The van der Waals surface area contributed by atoms with E-state index in [-0.39, 0.29) is 5.76 Å². The van der Waals surface area contributed by atoms with Gasteiger partial charge in [-0.15, -0.1) is 0 Å². The molecule has 1 atom stereocenters. The lowest BCUT2D eigenvalue weighted by Gasteiger charge is -2.15. The van der Waals surface area contributed by atoms with Crippen LogP contribution in [-0.4, -0.2) is 30.0 Å². The first-order chi connectivity index (χ1) is 13.2. The van der Waals surface area contributed by atoms with E-state index in [1.807, 2.05) is 48.7 Å². The first kappa shape index (κ1) is 16.9. The van der Waals surface area contributed by atoms with E-state index in [0.29, 0.717) is 12.0 Å². The molecule has 2 heterocycles. The maximum absolute atomic E-state index is 12.6. The molecule has 0 spiro atoms. The Bertz CT molecular complexity index is 1090. The summed E-state index contributed by atoms with van der Waals surface area (Å²) in [6.07, 6.45) is 2.15. The Morgan fingerprint density at radius 2 is 1.93 bits per heavy atom. The third-order valence-corrected chi connectivity index (χ3v) is 4.54. The summed E-state index contributed by atoms with van der Waals surface area (Å²) in [5.74, 6) is -0.810. The fourth-order valence-electron chi connectivity index (χ4n) is 3.18. The summed E-state index contributed by atoms with van der Waals surface area (Å²) in [4.78, 5) is 28.0. The summed E-state index contributed by atoms with van der Waals surface area (Å²) in [5, 5.41) is 4.56. The predicted octanol–water partition coefficient (Wildman–Crippen LogP) is 3.43. The Labute approximate surface area is 155 Å². The van der Waals surface area contributed by atoms with Gasteiger partial charge >= 0.3 is 5.97 Å². The first-order valence-corrected chi connectivity index (χ1v) is 8.58. The van der Waals surface area contributed by atoms with E-state index >= 15 is 0 Å². The summed E-state index contributed by atoms with van der Waals surface area (Å²) >= 11 is 0. The number of amides is 1. The number of H-pyrrole nitrogens is 1. The number of nitrogens with one attached hydrogen (secondary N) is 2. The van der Waals surface area contributed by atoms with E-state index in [1.165, 1.54) is 7.11 Å². The van der Waals surface area contributed by atoms with Crippen LogP contribution in [0.3, 0.4) is 0 Å². The van der Waals surface area contributed by atoms with Crippen molar-refractivity contribution in [3.05, 3.63) is 72.1 Å². The Balaban J connectivity index is 1.58. The highest BCUT2D eigenvalue weighted by molar-refractivity contribution is 5.98. The van der Waals surface area contributed by atoms with E-state index in [0.717, 1.165) is 21.9 Å². The minimum absolute atomic E-state index is 0.157. The number of hydrogen-bond acceptors (Lipinski definition) is 4. The zero-order chi connectivity index (χ0) is 18.8. The van der Waals surface area contributed by atoms with Crippen LogP contribution in [0.4, 0.5) is 0 Å². The molecule has 0 aliphatic heterocycles. The van der Waals surface area contributed by atoms with Crippen LogP contribution in [0.5, 0.6) is 0 Å². The van der Waals surface area contributed by atoms with Crippen molar-refractivity contribution < 1.29 is 18.7 Å². The number of furan rings is 1. The van der Waals surface area contributed by atoms with Gasteiger partial charge in [0.1, 0.15) is 11.6 Å². The van der Waals surface area contributed by atoms with E-state index < -0.39 is 17.9 Å². The second-order valence-electron chi connectivity index (χ2n) is 6.26. The van der Waals surface area contributed by atoms with E-state index in [4.69, 9.17) is 9.15 Å². The number of aromatic nitrogens is 1. The normalized spacial score (nSPS) is 12.2. The van der Waals surface area contributed by atoms with Gasteiger partial charge in [0, 0.05) is 28.9 Å². The number of para-hydroxylation sites is 2. The largest absolute Gasteiger partial charge is 0.467 e. The highest BCUT2D eigenvalue weighted by Gasteiger charge is 2.25. The summed E-state index contributed by atoms with van der Waals surface area (Å²) in [6, 6.07) is 16.0. The lowest BCUT2D eigenvalue weighted by Crippen LogP contribution is -2.42. The average Bonchev–Trinajstić information content (AvgIpc) is 3.31. The summed E-state index contributed by atoms with van der Waals surface area (Å²) in [6.45, 7) is 0. The van der Waals surface area contributed by atoms with E-state index in [9.17, 15) is 9.59 Å². The van der Waals surface area contributed by atoms with Crippen molar-refractivity contribution in [1.29, 1.82) is 0 Å². The fraction of sp³-hybridized carbons (Fsp3) is 0.143. The number of esters is 1. The highest BCUT2D eigenvalue weighted by Crippen LogP contribution is 2.21. The molecule has 2 aromatic carbocycles. The standard InChI is InChI=1S/C21H18N2O4/c1-26-21(25)17(10-14-12-22-16-8-4-3-7-15(14)16)23-20(24)19-11-13-6-2-5-9-18(13)27-19/h2-9,11-12,17,22H,10H2,1H3,(H,23,24). The zero-order valence-electron chi connectivity index (χ0n) is 14.7. The molecule has 6 nitrogen and oxygen atoms in total. The smallest absolute Gasteiger partial charge is 0.328 e. The minimum Gasteiger partial charge on any atom is -0.467 e. The summed E-state index contributed by atoms with van der Waals surface area (Å²) in [5.41, 5.74) is 2.51. The fourth-order valence-corrected chi connectivity index (χ4v) is 3.18. The molecule has 0 aliphatic carbocycles. The molecule has 0 aliphatic rings. The van der Waals surface area contributed by atoms with Crippen molar-refractivity contribution in [2.45, 2.75) is 12.5 Å². The van der Waals surface area contributed by atoms with Gasteiger partial charge < -0.3 is 19.5 Å². The SMILES string of the molecule is COC(=O)C(Cc1c[nH]c2ccccc12)NC(=O)c1cc2ccccc2o1. The third-order valence-electron chi connectivity index (χ3n) is 4.54. The number of fused-ring (bicyclic) bond motifs is 2. The maximum atomic E-state index is 12.6. The number of benzene rings is 2.